The Morgan fingerprint density at radius 2 is 0.796 bits per heavy atom. The first-order chi connectivity index (χ1) is 26.8. The lowest BCUT2D eigenvalue weighted by atomic mass is 10.0. The van der Waals surface area contributed by atoms with E-state index in [4.69, 9.17) is 9.40 Å². The Kier molecular flexibility index (Phi) is 5.31. The van der Waals surface area contributed by atoms with E-state index in [9.17, 15) is 0 Å². The molecule has 0 radical (unpaired) electrons. The molecule has 0 aliphatic carbocycles. The molecule has 13 aromatic rings. The Morgan fingerprint density at radius 3 is 1.30 bits per heavy atom. The Morgan fingerprint density at radius 1 is 0.352 bits per heavy atom. The van der Waals surface area contributed by atoms with Gasteiger partial charge >= 0.3 is 0 Å². The number of para-hydroxylation sites is 5. The Hall–Kier alpha value is -7.37. The van der Waals surface area contributed by atoms with Crippen LogP contribution in [0.2, 0.25) is 0 Å². The summed E-state index contributed by atoms with van der Waals surface area (Å²) in [7, 11) is 0. The molecule has 54 heavy (non-hydrogen) atoms. The second kappa shape index (κ2) is 10.1. The predicted octanol–water partition coefficient (Wildman–Crippen LogP) is 12.9. The van der Waals surface area contributed by atoms with Crippen molar-refractivity contribution < 1.29 is 4.42 Å². The van der Waals surface area contributed by atoms with Gasteiger partial charge in [0.15, 0.2) is 5.58 Å². The van der Waals surface area contributed by atoms with Gasteiger partial charge in [0.05, 0.1) is 33.1 Å². The summed E-state index contributed by atoms with van der Waals surface area (Å²) in [6.07, 6.45) is 0. The highest BCUT2D eigenvalue weighted by Gasteiger charge is 2.23. The number of fused-ring (bicyclic) bond motifs is 9. The molecule has 0 amide bonds. The van der Waals surface area contributed by atoms with E-state index in [0.717, 1.165) is 50.3 Å². The Labute approximate surface area is 307 Å². The number of benzene rings is 8. The van der Waals surface area contributed by atoms with E-state index in [0.29, 0.717) is 0 Å². The molecule has 8 aromatic carbocycles. The average Bonchev–Trinajstić information content (AvgIpc) is 3.96. The van der Waals surface area contributed by atoms with Gasteiger partial charge < -0.3 is 13.6 Å². The molecule has 13 rings (SSSR count). The number of hydrogen-bond donors (Lipinski definition) is 0. The lowest BCUT2D eigenvalue weighted by Gasteiger charge is -2.12. The molecule has 0 bridgehead atoms. The van der Waals surface area contributed by atoms with Crippen molar-refractivity contribution in [2.75, 3.05) is 0 Å². The summed E-state index contributed by atoms with van der Waals surface area (Å²) >= 11 is 0. The van der Waals surface area contributed by atoms with E-state index in [2.05, 4.69) is 171 Å². The molecule has 0 spiro atoms. The normalized spacial score (nSPS) is 12.4. The van der Waals surface area contributed by atoms with Gasteiger partial charge in [-0.05, 0) is 83.6 Å². The first kappa shape index (κ1) is 28.2. The first-order valence-electron chi connectivity index (χ1n) is 18.4. The van der Waals surface area contributed by atoms with E-state index in [-0.39, 0.29) is 0 Å². The molecule has 0 aliphatic rings. The lowest BCUT2D eigenvalue weighted by Crippen LogP contribution is -2.00. The fourth-order valence-electron chi connectivity index (χ4n) is 9.35. The van der Waals surface area contributed by atoms with Gasteiger partial charge in [-0.1, -0.05) is 97.1 Å². The van der Waals surface area contributed by atoms with Crippen molar-refractivity contribution in [1.82, 2.24) is 18.7 Å². The molecule has 250 valence electrons. The van der Waals surface area contributed by atoms with E-state index < -0.39 is 0 Å². The smallest absolute Gasteiger partial charge is 0.154 e. The van der Waals surface area contributed by atoms with Crippen molar-refractivity contribution >= 4 is 98.3 Å². The van der Waals surface area contributed by atoms with Crippen molar-refractivity contribution in [2.45, 2.75) is 0 Å². The molecule has 0 saturated carbocycles. The highest BCUT2D eigenvalue weighted by Crippen LogP contribution is 2.44. The van der Waals surface area contributed by atoms with Crippen LogP contribution in [-0.2, 0) is 0 Å². The quantitative estimate of drug-likeness (QED) is 0.173. The third-order valence-electron chi connectivity index (χ3n) is 11.6. The van der Waals surface area contributed by atoms with Gasteiger partial charge in [-0.15, -0.1) is 0 Å². The molecule has 0 aliphatic heterocycles. The molecule has 5 heteroatoms. The Bertz CT molecular complexity index is 3390. The minimum absolute atomic E-state index is 0.782. The topological polar surface area (TPSA) is 40.8 Å². The van der Waals surface area contributed by atoms with Gasteiger partial charge in [-0.25, -0.2) is 4.98 Å². The average molecular weight is 689 g/mol. The highest BCUT2D eigenvalue weighted by atomic mass is 16.3. The molecule has 0 atom stereocenters. The van der Waals surface area contributed by atoms with Crippen LogP contribution in [0.25, 0.3) is 115 Å². The van der Waals surface area contributed by atoms with Crippen molar-refractivity contribution in [3.8, 4) is 17.2 Å². The van der Waals surface area contributed by atoms with Crippen LogP contribution in [0.4, 0.5) is 0 Å². The number of pyridine rings is 1. The highest BCUT2D eigenvalue weighted by molar-refractivity contribution is 6.25. The van der Waals surface area contributed by atoms with Crippen LogP contribution in [0.3, 0.4) is 0 Å². The Balaban J connectivity index is 1.19. The molecule has 5 nitrogen and oxygen atoms in total. The third kappa shape index (κ3) is 3.60. The van der Waals surface area contributed by atoms with Gasteiger partial charge in [0.1, 0.15) is 16.9 Å². The summed E-state index contributed by atoms with van der Waals surface area (Å²) in [5.74, 6) is 0.853. The van der Waals surface area contributed by atoms with Gasteiger partial charge in [-0.2, -0.15) is 0 Å². The molecule has 0 N–H and O–H groups in total. The molecular formula is C49H28N4O. The van der Waals surface area contributed by atoms with E-state index in [1.165, 1.54) is 65.2 Å². The molecule has 0 unspecified atom stereocenters. The van der Waals surface area contributed by atoms with Crippen LogP contribution in [0.1, 0.15) is 0 Å². The number of furan rings is 1. The number of rotatable bonds is 3. The summed E-state index contributed by atoms with van der Waals surface area (Å²) < 4.78 is 13.5. The standard InChI is InChI=1S/C49H28N4O/c1-6-16-38-33(11-1)34-12-2-7-17-39(34)51(38)31-25-29-21-22-30-26-32(52-40-18-8-3-13-35(40)36-14-4-9-19-41(36)52)28-43-48(30)47(29)42(27-31)53(43)46-24-23-45-49(50-46)37-15-5-10-20-44(37)54-45/h1-28H. The SMILES string of the molecule is c1ccc2c(c1)oc1ccc(-n3c4cc(-n5c6ccccc6c6ccccc65)cc5ccc6cc(-n7c8ccccc8c8ccccc87)cc3c6c54)nc12. The van der Waals surface area contributed by atoms with Gasteiger partial charge in [0.2, 0.25) is 0 Å². The molecular weight excluding hydrogens is 661 g/mol. The zero-order valence-corrected chi connectivity index (χ0v) is 28.9. The first-order valence-corrected chi connectivity index (χ1v) is 18.4. The zero-order chi connectivity index (χ0) is 35.1. The maximum Gasteiger partial charge on any atom is 0.154 e. The minimum Gasteiger partial charge on any atom is -0.454 e. The number of nitrogens with zero attached hydrogens (tertiary/aromatic N) is 4. The van der Waals surface area contributed by atoms with Crippen molar-refractivity contribution in [1.29, 1.82) is 0 Å². The molecule has 5 aromatic heterocycles. The van der Waals surface area contributed by atoms with E-state index in [1.54, 1.807) is 0 Å². The maximum absolute atomic E-state index is 6.26. The number of aromatic nitrogens is 4. The molecule has 0 fully saturated rings. The van der Waals surface area contributed by atoms with Gasteiger partial charge in [-0.3, -0.25) is 4.57 Å². The second-order valence-corrected chi connectivity index (χ2v) is 14.4. The van der Waals surface area contributed by atoms with Crippen LogP contribution in [0.15, 0.2) is 174 Å². The predicted molar refractivity (Wildman–Crippen MR) is 223 cm³/mol. The lowest BCUT2D eigenvalue weighted by molar-refractivity contribution is 0.668. The third-order valence-corrected chi connectivity index (χ3v) is 11.6. The molecule has 0 saturated heterocycles. The van der Waals surface area contributed by atoms with E-state index in [1.807, 2.05) is 12.1 Å². The largest absolute Gasteiger partial charge is 0.454 e. The fraction of sp³-hybridized carbons (Fsp3) is 0. The number of hydrogen-bond acceptors (Lipinski definition) is 2. The van der Waals surface area contributed by atoms with Crippen LogP contribution >= 0.6 is 0 Å². The summed E-state index contributed by atoms with van der Waals surface area (Å²) in [5, 5.41) is 10.9. The summed E-state index contributed by atoms with van der Waals surface area (Å²) in [4.78, 5) is 5.41. The van der Waals surface area contributed by atoms with Crippen molar-refractivity contribution in [2.24, 2.45) is 0 Å². The van der Waals surface area contributed by atoms with Crippen LogP contribution in [-0.4, -0.2) is 18.7 Å². The summed E-state index contributed by atoms with van der Waals surface area (Å²) in [6, 6.07) is 61.2. The van der Waals surface area contributed by atoms with E-state index >= 15 is 0 Å². The summed E-state index contributed by atoms with van der Waals surface area (Å²) in [5.41, 5.74) is 11.7. The van der Waals surface area contributed by atoms with Crippen LogP contribution in [0, 0.1) is 0 Å². The second-order valence-electron chi connectivity index (χ2n) is 14.4. The van der Waals surface area contributed by atoms with Gasteiger partial charge in [0, 0.05) is 49.1 Å². The van der Waals surface area contributed by atoms with Crippen LogP contribution in [0.5, 0.6) is 0 Å². The maximum atomic E-state index is 6.26. The summed E-state index contributed by atoms with van der Waals surface area (Å²) in [6.45, 7) is 0. The molecule has 5 heterocycles. The monoisotopic (exact) mass is 688 g/mol. The fourth-order valence-corrected chi connectivity index (χ4v) is 9.35. The van der Waals surface area contributed by atoms with Crippen molar-refractivity contribution in [3.63, 3.8) is 0 Å². The van der Waals surface area contributed by atoms with Crippen molar-refractivity contribution in [3.05, 3.63) is 170 Å². The van der Waals surface area contributed by atoms with Crippen LogP contribution < -0.4 is 0 Å². The minimum atomic E-state index is 0.782. The zero-order valence-electron chi connectivity index (χ0n) is 28.9. The van der Waals surface area contributed by atoms with Gasteiger partial charge in [0.25, 0.3) is 0 Å².